The van der Waals surface area contributed by atoms with Crippen LogP contribution in [0.4, 0.5) is 5.13 Å². The van der Waals surface area contributed by atoms with Gasteiger partial charge in [0.2, 0.25) is 15.2 Å². The lowest BCUT2D eigenvalue weighted by Crippen LogP contribution is -2.32. The summed E-state index contributed by atoms with van der Waals surface area (Å²) in [6.07, 6.45) is 3.65. The molecule has 1 aliphatic rings. The van der Waals surface area contributed by atoms with Crippen molar-refractivity contribution in [2.75, 3.05) is 18.4 Å². The lowest BCUT2D eigenvalue weighted by molar-refractivity contribution is 0.102. The lowest BCUT2D eigenvalue weighted by Gasteiger charge is -2.21. The molecule has 0 atom stereocenters. The minimum absolute atomic E-state index is 0.0497. The molecule has 168 valence electrons. The van der Waals surface area contributed by atoms with E-state index in [1.165, 1.54) is 33.8 Å². The van der Waals surface area contributed by atoms with Gasteiger partial charge in [-0.3, -0.25) is 10.1 Å². The Kier molecular flexibility index (Phi) is 6.90. The quantitative estimate of drug-likeness (QED) is 0.544. The van der Waals surface area contributed by atoms with Crippen LogP contribution in [0.2, 0.25) is 5.02 Å². The number of sulfonamides is 1. The van der Waals surface area contributed by atoms with Gasteiger partial charge < -0.3 is 0 Å². The van der Waals surface area contributed by atoms with Crippen molar-refractivity contribution >= 4 is 44.0 Å². The van der Waals surface area contributed by atoms with Gasteiger partial charge in [0.15, 0.2) is 0 Å². The fourth-order valence-electron chi connectivity index (χ4n) is 3.52. The maximum Gasteiger partial charge on any atom is 0.257 e. The number of nitrogens with zero attached hydrogens (tertiary/aromatic N) is 3. The predicted octanol–water partition coefficient (Wildman–Crippen LogP) is 4.98. The fourth-order valence-corrected chi connectivity index (χ4v) is 6.28. The fraction of sp³-hybridized carbons (Fsp3) is 0.318. The van der Waals surface area contributed by atoms with Gasteiger partial charge in [-0.05, 0) is 38.0 Å². The summed E-state index contributed by atoms with van der Waals surface area (Å²) in [7, 11) is -3.78. The molecule has 3 aromatic rings. The Bertz CT molecular complexity index is 1220. The van der Waals surface area contributed by atoms with E-state index in [0.29, 0.717) is 23.2 Å². The van der Waals surface area contributed by atoms with Crippen LogP contribution in [0.3, 0.4) is 0 Å². The molecule has 4 rings (SSSR count). The molecule has 7 nitrogen and oxygen atoms in total. The molecule has 0 saturated carbocycles. The Labute approximate surface area is 196 Å². The van der Waals surface area contributed by atoms with Crippen molar-refractivity contribution in [3.8, 4) is 10.6 Å². The number of aromatic nitrogens is 2. The van der Waals surface area contributed by atoms with Crippen LogP contribution in [0.1, 0.15) is 41.6 Å². The highest BCUT2D eigenvalue weighted by Crippen LogP contribution is 2.29. The molecular weight excluding hydrogens is 468 g/mol. The van der Waals surface area contributed by atoms with E-state index >= 15 is 0 Å². The average Bonchev–Trinajstić information content (AvgIpc) is 3.05. The van der Waals surface area contributed by atoms with Crippen molar-refractivity contribution in [3.05, 3.63) is 58.6 Å². The summed E-state index contributed by atoms with van der Waals surface area (Å²) >= 11 is 7.48. The van der Waals surface area contributed by atoms with Gasteiger partial charge in [0.05, 0.1) is 5.02 Å². The number of hydrogen-bond donors (Lipinski definition) is 1. The minimum Gasteiger partial charge on any atom is -0.296 e. The average molecular weight is 491 g/mol. The maximum absolute atomic E-state index is 13.2. The van der Waals surface area contributed by atoms with Gasteiger partial charge in [0, 0.05) is 24.2 Å². The van der Waals surface area contributed by atoms with Crippen molar-refractivity contribution in [2.45, 2.75) is 37.5 Å². The van der Waals surface area contributed by atoms with E-state index in [1.807, 2.05) is 31.2 Å². The van der Waals surface area contributed by atoms with Gasteiger partial charge in [0.25, 0.3) is 5.91 Å². The van der Waals surface area contributed by atoms with Gasteiger partial charge in [-0.1, -0.05) is 65.6 Å². The highest BCUT2D eigenvalue weighted by atomic mass is 35.5. The topological polar surface area (TPSA) is 92.3 Å². The van der Waals surface area contributed by atoms with Crippen LogP contribution in [0.15, 0.2) is 47.4 Å². The van der Waals surface area contributed by atoms with Crippen molar-refractivity contribution in [1.29, 1.82) is 0 Å². The van der Waals surface area contributed by atoms with E-state index in [4.69, 9.17) is 11.6 Å². The smallest absolute Gasteiger partial charge is 0.257 e. The summed E-state index contributed by atoms with van der Waals surface area (Å²) in [5.74, 6) is -0.472. The summed E-state index contributed by atoms with van der Waals surface area (Å²) in [4.78, 5) is 12.8. The first-order valence-corrected chi connectivity index (χ1v) is 13.0. The molecule has 32 heavy (non-hydrogen) atoms. The number of aryl methyl sites for hydroxylation is 1. The first-order chi connectivity index (χ1) is 15.3. The standard InChI is InChI=1S/C22H23ClN4O3S2/c1-15-6-8-16(9-7-15)21-25-26-22(31-21)24-20(28)17-10-11-18(23)19(14-17)32(29,30)27-12-4-2-3-5-13-27/h6-11,14H,2-5,12-13H2,1H3,(H,24,26,28). The van der Waals surface area contributed by atoms with Crippen LogP contribution >= 0.6 is 22.9 Å². The van der Waals surface area contributed by atoms with Crippen molar-refractivity contribution in [1.82, 2.24) is 14.5 Å². The molecule has 1 amide bonds. The van der Waals surface area contributed by atoms with Gasteiger partial charge in [-0.15, -0.1) is 10.2 Å². The molecule has 10 heteroatoms. The SMILES string of the molecule is Cc1ccc(-c2nnc(NC(=O)c3ccc(Cl)c(S(=O)(=O)N4CCCCCC4)c3)s2)cc1. The van der Waals surface area contributed by atoms with Gasteiger partial charge in [0.1, 0.15) is 9.90 Å². The van der Waals surface area contributed by atoms with E-state index in [2.05, 4.69) is 15.5 Å². The molecule has 1 fully saturated rings. The Balaban J connectivity index is 1.54. The highest BCUT2D eigenvalue weighted by molar-refractivity contribution is 7.89. The number of amides is 1. The van der Waals surface area contributed by atoms with E-state index < -0.39 is 15.9 Å². The zero-order chi connectivity index (χ0) is 22.7. The third-order valence-electron chi connectivity index (χ3n) is 5.32. The monoisotopic (exact) mass is 490 g/mol. The molecule has 1 aliphatic heterocycles. The lowest BCUT2D eigenvalue weighted by atomic mass is 10.2. The van der Waals surface area contributed by atoms with Crippen LogP contribution in [-0.2, 0) is 10.0 Å². The normalized spacial score (nSPS) is 15.3. The molecule has 1 aromatic heterocycles. The van der Waals surface area contributed by atoms with Crippen LogP contribution < -0.4 is 5.32 Å². The summed E-state index contributed by atoms with van der Waals surface area (Å²) in [5.41, 5.74) is 2.24. The maximum atomic E-state index is 13.2. The third-order valence-corrected chi connectivity index (χ3v) is 8.59. The number of benzene rings is 2. The summed E-state index contributed by atoms with van der Waals surface area (Å²) in [6, 6.07) is 12.1. The van der Waals surface area contributed by atoms with Crippen molar-refractivity contribution in [3.63, 3.8) is 0 Å². The summed E-state index contributed by atoms with van der Waals surface area (Å²) in [5, 5.41) is 12.0. The number of hydrogen-bond acceptors (Lipinski definition) is 6. The molecule has 0 spiro atoms. The predicted molar refractivity (Wildman–Crippen MR) is 127 cm³/mol. The molecule has 1 N–H and O–H groups in total. The zero-order valence-electron chi connectivity index (χ0n) is 17.5. The number of rotatable bonds is 5. The molecule has 0 unspecified atom stereocenters. The molecule has 2 aromatic carbocycles. The number of carbonyl (C=O) groups is 1. The Hall–Kier alpha value is -2.33. The van der Waals surface area contributed by atoms with Gasteiger partial charge in [-0.25, -0.2) is 8.42 Å². The van der Waals surface area contributed by atoms with Gasteiger partial charge in [-0.2, -0.15) is 4.31 Å². The highest BCUT2D eigenvalue weighted by Gasteiger charge is 2.28. The Morgan fingerprint density at radius 2 is 1.72 bits per heavy atom. The number of anilines is 1. The summed E-state index contributed by atoms with van der Waals surface area (Å²) < 4.78 is 27.8. The van der Waals surface area contributed by atoms with Crippen LogP contribution in [0.25, 0.3) is 10.6 Å². The number of carbonyl (C=O) groups excluding carboxylic acids is 1. The molecular formula is C22H23ClN4O3S2. The van der Waals surface area contributed by atoms with Crippen LogP contribution in [-0.4, -0.2) is 41.9 Å². The molecule has 0 aliphatic carbocycles. The number of halogens is 1. The second-order valence-electron chi connectivity index (χ2n) is 7.70. The van der Waals surface area contributed by atoms with E-state index in [-0.39, 0.29) is 15.5 Å². The second-order valence-corrected chi connectivity index (χ2v) is 11.0. The van der Waals surface area contributed by atoms with Gasteiger partial charge >= 0.3 is 0 Å². The first kappa shape index (κ1) is 22.8. The molecule has 2 heterocycles. The van der Waals surface area contributed by atoms with Crippen LogP contribution in [0.5, 0.6) is 0 Å². The van der Waals surface area contributed by atoms with Crippen molar-refractivity contribution < 1.29 is 13.2 Å². The largest absolute Gasteiger partial charge is 0.296 e. The summed E-state index contributed by atoms with van der Waals surface area (Å²) in [6.45, 7) is 2.92. The van der Waals surface area contributed by atoms with E-state index in [0.717, 1.165) is 36.8 Å². The van der Waals surface area contributed by atoms with E-state index in [9.17, 15) is 13.2 Å². The van der Waals surface area contributed by atoms with Crippen LogP contribution in [0, 0.1) is 6.92 Å². The van der Waals surface area contributed by atoms with E-state index in [1.54, 1.807) is 0 Å². The number of nitrogens with one attached hydrogen (secondary N) is 1. The minimum atomic E-state index is -3.78. The molecule has 0 bridgehead atoms. The third kappa shape index (κ3) is 5.01. The first-order valence-electron chi connectivity index (χ1n) is 10.4. The Morgan fingerprint density at radius 1 is 1.03 bits per heavy atom. The Morgan fingerprint density at radius 3 is 2.41 bits per heavy atom. The molecule has 0 radical (unpaired) electrons. The molecule has 1 saturated heterocycles. The zero-order valence-corrected chi connectivity index (χ0v) is 19.9. The van der Waals surface area contributed by atoms with Crippen molar-refractivity contribution in [2.24, 2.45) is 0 Å². The second kappa shape index (κ2) is 9.66.